The molecular weight excluding hydrogens is 412 g/mol. The summed E-state index contributed by atoms with van der Waals surface area (Å²) >= 11 is 0. The molecule has 3 rings (SSSR count). The van der Waals surface area contributed by atoms with E-state index in [0.29, 0.717) is 25.1 Å². The normalized spacial score (nSPS) is 17.5. The van der Waals surface area contributed by atoms with Crippen LogP contribution in [0.25, 0.3) is 0 Å². The van der Waals surface area contributed by atoms with Crippen molar-refractivity contribution in [1.82, 2.24) is 4.31 Å². The van der Waals surface area contributed by atoms with E-state index >= 15 is 0 Å². The molecule has 2 aromatic carbocycles. The Morgan fingerprint density at radius 3 is 2.45 bits per heavy atom. The predicted octanol–water partition coefficient (Wildman–Crippen LogP) is 4.47. The number of nitrogens with one attached hydrogen (secondary N) is 1. The molecule has 0 aliphatic carbocycles. The topological polar surface area (TPSA) is 75.7 Å². The van der Waals surface area contributed by atoms with Crippen molar-refractivity contribution in [3.63, 3.8) is 0 Å². The molecule has 6 nitrogen and oxygen atoms in total. The number of hydrogen-bond acceptors (Lipinski definition) is 4. The summed E-state index contributed by atoms with van der Waals surface area (Å²) in [6.45, 7) is 8.50. The van der Waals surface area contributed by atoms with E-state index in [9.17, 15) is 13.2 Å². The first-order valence-corrected chi connectivity index (χ1v) is 12.1. The lowest BCUT2D eigenvalue weighted by atomic mass is 9.98. The lowest BCUT2D eigenvalue weighted by molar-refractivity contribution is -0.120. The molecule has 0 radical (unpaired) electrons. The van der Waals surface area contributed by atoms with Gasteiger partial charge in [-0.2, -0.15) is 4.31 Å². The summed E-state index contributed by atoms with van der Waals surface area (Å²) in [6, 6.07) is 11.1. The zero-order valence-corrected chi connectivity index (χ0v) is 19.8. The summed E-state index contributed by atoms with van der Waals surface area (Å²) in [5, 5.41) is 3.02. The summed E-state index contributed by atoms with van der Waals surface area (Å²) < 4.78 is 33.8. The SMILES string of the molecule is COc1ccc(C(C)C)cc1S(=O)(=O)N1CCC[C@@H](C(=O)Nc2c(C)cccc2C)C1. The Morgan fingerprint density at radius 2 is 1.84 bits per heavy atom. The second kappa shape index (κ2) is 9.40. The van der Waals surface area contributed by atoms with Crippen LogP contribution in [0.1, 0.15) is 49.3 Å². The maximum absolute atomic E-state index is 13.5. The van der Waals surface area contributed by atoms with Gasteiger partial charge < -0.3 is 10.1 Å². The van der Waals surface area contributed by atoms with Crippen molar-refractivity contribution >= 4 is 21.6 Å². The zero-order valence-electron chi connectivity index (χ0n) is 18.9. The quantitative estimate of drug-likeness (QED) is 0.713. The Balaban J connectivity index is 1.84. The molecule has 1 aliphatic rings. The molecule has 0 saturated carbocycles. The lowest BCUT2D eigenvalue weighted by Gasteiger charge is -2.32. The van der Waals surface area contributed by atoms with Gasteiger partial charge in [-0.15, -0.1) is 0 Å². The number of hydrogen-bond donors (Lipinski definition) is 1. The van der Waals surface area contributed by atoms with Crippen molar-refractivity contribution in [3.05, 3.63) is 53.1 Å². The van der Waals surface area contributed by atoms with Gasteiger partial charge in [0, 0.05) is 18.8 Å². The Labute approximate surface area is 185 Å². The number of anilines is 1. The molecule has 1 atom stereocenters. The maximum Gasteiger partial charge on any atom is 0.246 e. The number of benzene rings is 2. The first-order valence-electron chi connectivity index (χ1n) is 10.7. The van der Waals surface area contributed by atoms with Crippen LogP contribution >= 0.6 is 0 Å². The van der Waals surface area contributed by atoms with E-state index in [2.05, 4.69) is 5.32 Å². The molecular formula is C24H32N2O4S. The third-order valence-electron chi connectivity index (χ3n) is 5.96. The van der Waals surface area contributed by atoms with Crippen LogP contribution in [0.15, 0.2) is 41.3 Å². The van der Waals surface area contributed by atoms with E-state index < -0.39 is 15.9 Å². The van der Waals surface area contributed by atoms with Gasteiger partial charge in [-0.3, -0.25) is 4.79 Å². The van der Waals surface area contributed by atoms with E-state index in [4.69, 9.17) is 4.74 Å². The molecule has 2 aromatic rings. The zero-order chi connectivity index (χ0) is 22.8. The molecule has 0 unspecified atom stereocenters. The van der Waals surface area contributed by atoms with Crippen molar-refractivity contribution < 1.29 is 17.9 Å². The fraction of sp³-hybridized carbons (Fsp3) is 0.458. The maximum atomic E-state index is 13.5. The van der Waals surface area contributed by atoms with E-state index in [1.807, 2.05) is 52.0 Å². The van der Waals surface area contributed by atoms with Crippen LogP contribution in [-0.4, -0.2) is 38.8 Å². The molecule has 1 heterocycles. The Kier molecular flexibility index (Phi) is 7.06. The number of methoxy groups -OCH3 is 1. The van der Waals surface area contributed by atoms with E-state index in [1.165, 1.54) is 11.4 Å². The Bertz CT molecular complexity index is 1040. The van der Waals surface area contributed by atoms with Gasteiger partial charge in [0.05, 0.1) is 13.0 Å². The number of rotatable bonds is 6. The summed E-state index contributed by atoms with van der Waals surface area (Å²) in [6.07, 6.45) is 1.29. The third-order valence-corrected chi connectivity index (χ3v) is 7.84. The molecule has 168 valence electrons. The fourth-order valence-electron chi connectivity index (χ4n) is 4.00. The third kappa shape index (κ3) is 4.93. The van der Waals surface area contributed by atoms with Gasteiger partial charge in [-0.05, 0) is 61.4 Å². The number of ether oxygens (including phenoxy) is 1. The number of carbonyl (C=O) groups is 1. The monoisotopic (exact) mass is 444 g/mol. The van der Waals surface area contributed by atoms with Crippen LogP contribution in [0, 0.1) is 19.8 Å². The second-order valence-corrected chi connectivity index (χ2v) is 10.4. The van der Waals surface area contributed by atoms with Gasteiger partial charge in [-0.1, -0.05) is 38.1 Å². The minimum Gasteiger partial charge on any atom is -0.495 e. The number of aryl methyl sites for hydroxylation is 2. The molecule has 7 heteroatoms. The number of carbonyl (C=O) groups excluding carboxylic acids is 1. The van der Waals surface area contributed by atoms with E-state index in [-0.39, 0.29) is 23.3 Å². The molecule has 0 aromatic heterocycles. The molecule has 0 spiro atoms. The van der Waals surface area contributed by atoms with Crippen LogP contribution in [0.5, 0.6) is 5.75 Å². The van der Waals surface area contributed by atoms with Gasteiger partial charge in [-0.25, -0.2) is 8.42 Å². The van der Waals surface area contributed by atoms with Gasteiger partial charge >= 0.3 is 0 Å². The molecule has 1 N–H and O–H groups in total. The average molecular weight is 445 g/mol. The second-order valence-electron chi connectivity index (χ2n) is 8.52. The standard InChI is InChI=1S/C24H32N2O4S/c1-16(2)19-11-12-21(30-5)22(14-19)31(28,29)26-13-7-10-20(15-26)24(27)25-23-17(3)8-6-9-18(23)4/h6,8-9,11-12,14,16,20H,7,10,13,15H2,1-5H3,(H,25,27)/t20-/m1/s1. The summed E-state index contributed by atoms with van der Waals surface area (Å²) in [5.41, 5.74) is 3.72. The highest BCUT2D eigenvalue weighted by molar-refractivity contribution is 7.89. The van der Waals surface area contributed by atoms with E-state index in [0.717, 1.165) is 22.4 Å². The lowest BCUT2D eigenvalue weighted by Crippen LogP contribution is -2.43. The highest BCUT2D eigenvalue weighted by Crippen LogP contribution is 2.33. The minimum atomic E-state index is -3.79. The molecule has 1 fully saturated rings. The largest absolute Gasteiger partial charge is 0.495 e. The van der Waals surface area contributed by atoms with Crippen molar-refractivity contribution in [2.75, 3.05) is 25.5 Å². The van der Waals surface area contributed by atoms with Gasteiger partial charge in [0.1, 0.15) is 10.6 Å². The van der Waals surface area contributed by atoms with Crippen molar-refractivity contribution in [2.45, 2.75) is 51.3 Å². The number of para-hydroxylation sites is 1. The highest BCUT2D eigenvalue weighted by atomic mass is 32.2. The summed E-state index contributed by atoms with van der Waals surface area (Å²) in [5.74, 6) is -0.0226. The number of amides is 1. The van der Waals surface area contributed by atoms with Crippen LogP contribution in [-0.2, 0) is 14.8 Å². The van der Waals surface area contributed by atoms with Gasteiger partial charge in [0.25, 0.3) is 0 Å². The van der Waals surface area contributed by atoms with Crippen LogP contribution in [0.2, 0.25) is 0 Å². The Hall–Kier alpha value is -2.38. The smallest absolute Gasteiger partial charge is 0.246 e. The molecule has 31 heavy (non-hydrogen) atoms. The predicted molar refractivity (Wildman–Crippen MR) is 123 cm³/mol. The average Bonchev–Trinajstić information content (AvgIpc) is 2.75. The minimum absolute atomic E-state index is 0.139. The van der Waals surface area contributed by atoms with Gasteiger partial charge in [0.2, 0.25) is 15.9 Å². The van der Waals surface area contributed by atoms with Crippen molar-refractivity contribution in [2.24, 2.45) is 5.92 Å². The number of piperidine rings is 1. The summed E-state index contributed by atoms with van der Waals surface area (Å²) in [7, 11) is -2.32. The number of nitrogens with zero attached hydrogens (tertiary/aromatic N) is 1. The number of sulfonamides is 1. The molecule has 1 amide bonds. The fourth-order valence-corrected chi connectivity index (χ4v) is 5.72. The van der Waals surface area contributed by atoms with Crippen LogP contribution in [0.4, 0.5) is 5.69 Å². The first kappa shape index (κ1) is 23.3. The van der Waals surface area contributed by atoms with Crippen LogP contribution < -0.4 is 10.1 Å². The Morgan fingerprint density at radius 1 is 1.16 bits per heavy atom. The molecule has 1 saturated heterocycles. The van der Waals surface area contributed by atoms with Crippen molar-refractivity contribution in [1.29, 1.82) is 0 Å². The highest BCUT2D eigenvalue weighted by Gasteiger charge is 2.35. The molecule has 0 bridgehead atoms. The molecule has 1 aliphatic heterocycles. The van der Waals surface area contributed by atoms with Crippen LogP contribution in [0.3, 0.4) is 0 Å². The first-order chi connectivity index (χ1) is 14.6. The van der Waals surface area contributed by atoms with Crippen molar-refractivity contribution in [3.8, 4) is 5.75 Å². The van der Waals surface area contributed by atoms with E-state index in [1.54, 1.807) is 12.1 Å². The summed E-state index contributed by atoms with van der Waals surface area (Å²) in [4.78, 5) is 13.2. The van der Waals surface area contributed by atoms with Gasteiger partial charge in [0.15, 0.2) is 0 Å².